The third-order valence-electron chi connectivity index (χ3n) is 1.05. The summed E-state index contributed by atoms with van der Waals surface area (Å²) in [6.45, 7) is 2.05. The molecule has 0 spiro atoms. The third-order valence-corrected chi connectivity index (χ3v) is 1.50. The van der Waals surface area contributed by atoms with Crippen molar-refractivity contribution in [2.75, 3.05) is 0 Å². The van der Waals surface area contributed by atoms with Crippen molar-refractivity contribution in [2.24, 2.45) is 0 Å². The summed E-state index contributed by atoms with van der Waals surface area (Å²) in [5.74, 6) is 0. The Kier molecular flexibility index (Phi) is 5.13. The van der Waals surface area contributed by atoms with Crippen molar-refractivity contribution >= 4 is 9.05 Å². The number of unbranched alkanes of at least 4 members (excludes halogenated alkanes) is 2. The van der Waals surface area contributed by atoms with Crippen molar-refractivity contribution in [3.05, 3.63) is 12.3 Å². The standard InChI is InChI=1S/C6H14O4Si/c1-2-3-4-5-6-10-11(7,8)9/h5-9H,2-4H2,1H3/b6-5-. The van der Waals surface area contributed by atoms with E-state index in [4.69, 9.17) is 14.4 Å². The van der Waals surface area contributed by atoms with Gasteiger partial charge in [-0.25, -0.2) is 0 Å². The Morgan fingerprint density at radius 1 is 1.36 bits per heavy atom. The summed E-state index contributed by atoms with van der Waals surface area (Å²) >= 11 is 0. The van der Waals surface area contributed by atoms with Gasteiger partial charge in [0.25, 0.3) is 0 Å². The lowest BCUT2D eigenvalue weighted by atomic mass is 10.2. The van der Waals surface area contributed by atoms with Gasteiger partial charge < -0.3 is 18.8 Å². The van der Waals surface area contributed by atoms with Crippen LogP contribution in [0.15, 0.2) is 12.3 Å². The van der Waals surface area contributed by atoms with Gasteiger partial charge in [0.1, 0.15) is 0 Å². The molecule has 0 radical (unpaired) electrons. The minimum Gasteiger partial charge on any atom is -0.487 e. The van der Waals surface area contributed by atoms with Crippen LogP contribution in [0.25, 0.3) is 0 Å². The first-order valence-electron chi connectivity index (χ1n) is 3.56. The van der Waals surface area contributed by atoms with Crippen LogP contribution in [0.2, 0.25) is 0 Å². The Bertz CT molecular complexity index is 118. The van der Waals surface area contributed by atoms with Crippen molar-refractivity contribution in [1.82, 2.24) is 0 Å². The second-order valence-electron chi connectivity index (χ2n) is 2.21. The predicted molar refractivity (Wildman–Crippen MR) is 42.2 cm³/mol. The van der Waals surface area contributed by atoms with Gasteiger partial charge in [0.15, 0.2) is 0 Å². The first-order valence-corrected chi connectivity index (χ1v) is 5.31. The fraction of sp³-hybridized carbons (Fsp3) is 0.667. The highest BCUT2D eigenvalue weighted by Crippen LogP contribution is 1.96. The number of hydrogen-bond acceptors (Lipinski definition) is 4. The Morgan fingerprint density at radius 3 is 2.45 bits per heavy atom. The Balaban J connectivity index is 3.30. The zero-order chi connectivity index (χ0) is 8.74. The minimum absolute atomic E-state index is 0.820. The van der Waals surface area contributed by atoms with Crippen LogP contribution in [0.1, 0.15) is 26.2 Å². The first kappa shape index (κ1) is 10.6. The van der Waals surface area contributed by atoms with E-state index in [1.54, 1.807) is 6.08 Å². The Morgan fingerprint density at radius 2 is 2.00 bits per heavy atom. The van der Waals surface area contributed by atoms with Crippen molar-refractivity contribution < 1.29 is 18.8 Å². The second kappa shape index (κ2) is 5.31. The summed E-state index contributed by atoms with van der Waals surface area (Å²) < 4.78 is 4.20. The average Bonchev–Trinajstić information content (AvgIpc) is 1.85. The van der Waals surface area contributed by atoms with Gasteiger partial charge in [0.2, 0.25) is 0 Å². The summed E-state index contributed by atoms with van der Waals surface area (Å²) in [7, 11) is -4.30. The minimum atomic E-state index is -4.30. The molecule has 0 aliphatic heterocycles. The molecule has 0 aromatic heterocycles. The molecule has 0 heterocycles. The summed E-state index contributed by atoms with van der Waals surface area (Å²) in [6.07, 6.45) is 5.69. The lowest BCUT2D eigenvalue weighted by Gasteiger charge is -2.05. The van der Waals surface area contributed by atoms with E-state index in [1.807, 2.05) is 0 Å². The van der Waals surface area contributed by atoms with Crippen molar-refractivity contribution in [2.45, 2.75) is 26.2 Å². The van der Waals surface area contributed by atoms with Crippen LogP contribution in [-0.4, -0.2) is 23.4 Å². The molecule has 0 fully saturated rings. The molecule has 11 heavy (non-hydrogen) atoms. The third kappa shape index (κ3) is 9.64. The maximum absolute atomic E-state index is 8.35. The Hall–Kier alpha value is -0.363. The van der Waals surface area contributed by atoms with Crippen molar-refractivity contribution in [1.29, 1.82) is 0 Å². The van der Waals surface area contributed by atoms with Crippen LogP contribution >= 0.6 is 0 Å². The van der Waals surface area contributed by atoms with Crippen LogP contribution in [0.4, 0.5) is 0 Å². The van der Waals surface area contributed by atoms with E-state index < -0.39 is 9.05 Å². The molecule has 0 aliphatic carbocycles. The molecule has 4 nitrogen and oxygen atoms in total. The van der Waals surface area contributed by atoms with Crippen LogP contribution in [0.5, 0.6) is 0 Å². The van der Waals surface area contributed by atoms with E-state index in [0.717, 1.165) is 25.5 Å². The molecule has 0 aliphatic rings. The molecule has 0 atom stereocenters. The molecule has 3 N–H and O–H groups in total. The maximum Gasteiger partial charge on any atom is 0.740 e. The molecule has 0 unspecified atom stereocenters. The van der Waals surface area contributed by atoms with Gasteiger partial charge in [0.05, 0.1) is 6.26 Å². The fourth-order valence-corrected chi connectivity index (χ4v) is 0.808. The molecular weight excluding hydrogens is 164 g/mol. The van der Waals surface area contributed by atoms with Gasteiger partial charge in [-0.1, -0.05) is 19.4 Å². The normalized spacial score (nSPS) is 12.4. The Labute approximate surface area is 67.2 Å². The second-order valence-corrected chi connectivity index (χ2v) is 3.59. The van der Waals surface area contributed by atoms with E-state index in [-0.39, 0.29) is 0 Å². The largest absolute Gasteiger partial charge is 0.740 e. The molecule has 0 rings (SSSR count). The smallest absolute Gasteiger partial charge is 0.487 e. The van der Waals surface area contributed by atoms with Gasteiger partial charge in [0, 0.05) is 0 Å². The summed E-state index contributed by atoms with van der Waals surface area (Å²) in [4.78, 5) is 25.1. The lowest BCUT2D eigenvalue weighted by molar-refractivity contribution is 0.106. The van der Waals surface area contributed by atoms with Crippen LogP contribution in [0.3, 0.4) is 0 Å². The highest BCUT2D eigenvalue weighted by atomic mass is 28.4. The summed E-state index contributed by atoms with van der Waals surface area (Å²) in [5, 5.41) is 0. The number of hydrogen-bond donors (Lipinski definition) is 3. The van der Waals surface area contributed by atoms with Gasteiger partial charge in [-0.2, -0.15) is 0 Å². The zero-order valence-electron chi connectivity index (χ0n) is 6.53. The molecule has 5 heteroatoms. The molecule has 0 amide bonds. The number of allylic oxidation sites excluding steroid dienone is 1. The van der Waals surface area contributed by atoms with E-state index >= 15 is 0 Å². The van der Waals surface area contributed by atoms with Crippen LogP contribution in [-0.2, 0) is 4.43 Å². The van der Waals surface area contributed by atoms with Crippen molar-refractivity contribution in [3.63, 3.8) is 0 Å². The monoisotopic (exact) mass is 178 g/mol. The maximum atomic E-state index is 8.35. The highest BCUT2D eigenvalue weighted by Gasteiger charge is 2.31. The first-order chi connectivity index (χ1) is 5.06. The van der Waals surface area contributed by atoms with E-state index in [9.17, 15) is 0 Å². The van der Waals surface area contributed by atoms with Crippen LogP contribution < -0.4 is 0 Å². The predicted octanol–water partition coefficient (Wildman–Crippen LogP) is 0.119. The van der Waals surface area contributed by atoms with Gasteiger partial charge in [-0.3, -0.25) is 0 Å². The van der Waals surface area contributed by atoms with Crippen molar-refractivity contribution in [3.8, 4) is 0 Å². The van der Waals surface area contributed by atoms with Gasteiger partial charge >= 0.3 is 9.05 Å². The molecule has 66 valence electrons. The molecule has 0 saturated carbocycles. The van der Waals surface area contributed by atoms with E-state index in [0.29, 0.717) is 0 Å². The van der Waals surface area contributed by atoms with E-state index in [1.165, 1.54) is 0 Å². The lowest BCUT2D eigenvalue weighted by Crippen LogP contribution is -2.36. The molecule has 0 aromatic carbocycles. The zero-order valence-corrected chi connectivity index (χ0v) is 7.53. The van der Waals surface area contributed by atoms with Gasteiger partial charge in [-0.15, -0.1) is 0 Å². The summed E-state index contributed by atoms with van der Waals surface area (Å²) in [5.41, 5.74) is 0. The van der Waals surface area contributed by atoms with E-state index in [2.05, 4.69) is 11.3 Å². The fourth-order valence-electron chi connectivity index (χ4n) is 0.529. The summed E-state index contributed by atoms with van der Waals surface area (Å²) in [6, 6.07) is 0. The molecule has 0 bridgehead atoms. The van der Waals surface area contributed by atoms with Crippen LogP contribution in [0, 0.1) is 0 Å². The number of rotatable bonds is 5. The average molecular weight is 178 g/mol. The highest BCUT2D eigenvalue weighted by molar-refractivity contribution is 6.48. The van der Waals surface area contributed by atoms with Gasteiger partial charge in [-0.05, 0) is 12.8 Å². The SMILES string of the molecule is CCCC/C=C\O[Si](O)(O)O. The molecule has 0 saturated heterocycles. The quantitative estimate of drug-likeness (QED) is 0.318. The topological polar surface area (TPSA) is 69.9 Å². The molecular formula is C6H14O4Si. The molecule has 0 aromatic rings.